The summed E-state index contributed by atoms with van der Waals surface area (Å²) < 4.78 is 5.13. The predicted octanol–water partition coefficient (Wildman–Crippen LogP) is 2.15. The lowest BCUT2D eigenvalue weighted by Crippen LogP contribution is -2.39. The van der Waals surface area contributed by atoms with Gasteiger partial charge in [0.1, 0.15) is 12.3 Å². The van der Waals surface area contributed by atoms with Crippen molar-refractivity contribution in [1.82, 2.24) is 5.32 Å². The Hall–Kier alpha value is -2.89. The molecule has 0 saturated carbocycles. The van der Waals surface area contributed by atoms with Gasteiger partial charge in [-0.1, -0.05) is 12.1 Å². The lowest BCUT2D eigenvalue weighted by Gasteiger charge is -2.21. The van der Waals surface area contributed by atoms with Crippen LogP contribution in [0.3, 0.4) is 0 Å². The van der Waals surface area contributed by atoms with Gasteiger partial charge in [0.2, 0.25) is 11.8 Å². The van der Waals surface area contributed by atoms with Crippen LogP contribution in [-0.2, 0) is 16.1 Å². The van der Waals surface area contributed by atoms with Crippen LogP contribution in [0, 0.1) is 0 Å². The normalized spacial score (nSPS) is 10.2. The highest BCUT2D eigenvalue weighted by Crippen LogP contribution is 2.17. The monoisotopic (exact) mass is 314 g/mol. The maximum atomic E-state index is 12.0. The average Bonchev–Trinajstić information content (AvgIpc) is 3.04. The molecule has 120 valence electrons. The van der Waals surface area contributed by atoms with E-state index >= 15 is 0 Å². The second kappa shape index (κ2) is 7.40. The number of carbonyl (C=O) groups excluding carboxylic acids is 3. The summed E-state index contributed by atoms with van der Waals surface area (Å²) in [4.78, 5) is 36.6. The van der Waals surface area contributed by atoms with Gasteiger partial charge in [-0.05, 0) is 31.2 Å². The molecule has 6 heteroatoms. The molecule has 0 aliphatic heterocycles. The zero-order valence-corrected chi connectivity index (χ0v) is 13.0. The quantitative estimate of drug-likeness (QED) is 0.829. The number of anilines is 1. The van der Waals surface area contributed by atoms with E-state index in [2.05, 4.69) is 5.32 Å². The lowest BCUT2D eigenvalue weighted by molar-refractivity contribution is -0.123. The number of Topliss-reactive ketones (excluding diaryl/α,β-unsaturated/α-hetero) is 1. The molecule has 2 rings (SSSR count). The maximum Gasteiger partial charge on any atom is 0.240 e. The molecule has 0 unspecified atom stereocenters. The van der Waals surface area contributed by atoms with Gasteiger partial charge in [-0.2, -0.15) is 0 Å². The van der Waals surface area contributed by atoms with E-state index in [1.165, 1.54) is 25.0 Å². The smallest absolute Gasteiger partial charge is 0.240 e. The minimum Gasteiger partial charge on any atom is -0.467 e. The Bertz CT molecular complexity index is 707. The van der Waals surface area contributed by atoms with Gasteiger partial charge >= 0.3 is 0 Å². The highest BCUT2D eigenvalue weighted by atomic mass is 16.3. The van der Waals surface area contributed by atoms with Gasteiger partial charge < -0.3 is 14.6 Å². The topological polar surface area (TPSA) is 79.6 Å². The molecule has 0 aliphatic rings. The first kappa shape index (κ1) is 16.5. The van der Waals surface area contributed by atoms with Gasteiger partial charge in [0.05, 0.1) is 12.8 Å². The Morgan fingerprint density at radius 1 is 1.13 bits per heavy atom. The molecule has 1 heterocycles. The number of nitrogens with zero attached hydrogens (tertiary/aromatic N) is 1. The Balaban J connectivity index is 2.06. The number of carbonyl (C=O) groups is 3. The molecule has 2 aromatic rings. The highest BCUT2D eigenvalue weighted by molar-refractivity contribution is 6.00. The Morgan fingerprint density at radius 2 is 1.91 bits per heavy atom. The van der Waals surface area contributed by atoms with Crippen LogP contribution >= 0.6 is 0 Å². The number of hydrogen-bond acceptors (Lipinski definition) is 4. The fourth-order valence-corrected chi connectivity index (χ4v) is 2.08. The summed E-state index contributed by atoms with van der Waals surface area (Å²) in [5.41, 5.74) is 1.00. The fourth-order valence-electron chi connectivity index (χ4n) is 2.08. The molecular weight excluding hydrogens is 296 g/mol. The van der Waals surface area contributed by atoms with Crippen LogP contribution in [0.1, 0.15) is 30.0 Å². The molecule has 0 saturated heterocycles. The van der Waals surface area contributed by atoms with E-state index in [1.54, 1.807) is 36.4 Å². The Labute approximate surface area is 134 Å². The first-order chi connectivity index (χ1) is 11.0. The summed E-state index contributed by atoms with van der Waals surface area (Å²) in [6.07, 6.45) is 1.52. The molecule has 6 nitrogen and oxygen atoms in total. The van der Waals surface area contributed by atoms with E-state index < -0.39 is 0 Å². The third-order valence-corrected chi connectivity index (χ3v) is 3.29. The van der Waals surface area contributed by atoms with E-state index in [0.717, 1.165) is 0 Å². The van der Waals surface area contributed by atoms with Crippen molar-refractivity contribution in [3.05, 3.63) is 54.0 Å². The van der Waals surface area contributed by atoms with Crippen molar-refractivity contribution in [3.8, 4) is 0 Å². The Morgan fingerprint density at radius 3 is 2.52 bits per heavy atom. The fraction of sp³-hybridized carbons (Fsp3) is 0.235. The number of ketones is 1. The molecule has 0 atom stereocenters. The van der Waals surface area contributed by atoms with Gasteiger partial charge in [0, 0.05) is 18.2 Å². The van der Waals surface area contributed by atoms with Crippen molar-refractivity contribution in [2.45, 2.75) is 20.4 Å². The zero-order chi connectivity index (χ0) is 16.8. The van der Waals surface area contributed by atoms with Gasteiger partial charge in [-0.15, -0.1) is 0 Å². The van der Waals surface area contributed by atoms with Crippen molar-refractivity contribution in [1.29, 1.82) is 0 Å². The number of nitrogens with one attached hydrogen (secondary N) is 1. The molecule has 1 aromatic carbocycles. The minimum atomic E-state index is -0.315. The Kier molecular flexibility index (Phi) is 5.30. The summed E-state index contributed by atoms with van der Waals surface area (Å²) >= 11 is 0. The number of amides is 2. The van der Waals surface area contributed by atoms with E-state index in [-0.39, 0.29) is 30.7 Å². The first-order valence-electron chi connectivity index (χ1n) is 7.15. The van der Waals surface area contributed by atoms with Gasteiger partial charge in [-0.25, -0.2) is 0 Å². The van der Waals surface area contributed by atoms with Crippen LogP contribution in [0.15, 0.2) is 47.1 Å². The second-order valence-electron chi connectivity index (χ2n) is 5.07. The highest BCUT2D eigenvalue weighted by Gasteiger charge is 2.16. The van der Waals surface area contributed by atoms with Crippen LogP contribution in [0.4, 0.5) is 5.69 Å². The van der Waals surface area contributed by atoms with Crippen LogP contribution in [0.5, 0.6) is 0 Å². The number of rotatable bonds is 6. The minimum absolute atomic E-state index is 0.0994. The maximum absolute atomic E-state index is 12.0. The zero-order valence-electron chi connectivity index (χ0n) is 13.0. The van der Waals surface area contributed by atoms with E-state index in [4.69, 9.17) is 4.42 Å². The van der Waals surface area contributed by atoms with Crippen LogP contribution in [-0.4, -0.2) is 24.1 Å². The molecule has 1 aromatic heterocycles. The molecule has 2 amide bonds. The van der Waals surface area contributed by atoms with Gasteiger partial charge in [0.25, 0.3) is 0 Å². The molecule has 0 fully saturated rings. The summed E-state index contributed by atoms with van der Waals surface area (Å²) in [5, 5.41) is 2.68. The SMILES string of the molecule is CC(=O)c1cccc(N(CC(=O)NCc2ccco2)C(C)=O)c1. The van der Waals surface area contributed by atoms with Crippen molar-refractivity contribution in [2.75, 3.05) is 11.4 Å². The molecule has 23 heavy (non-hydrogen) atoms. The summed E-state index contributed by atoms with van der Waals surface area (Å²) in [7, 11) is 0. The number of furan rings is 1. The third kappa shape index (κ3) is 4.54. The third-order valence-electron chi connectivity index (χ3n) is 3.29. The molecule has 0 radical (unpaired) electrons. The van der Waals surface area contributed by atoms with Gasteiger partial charge in [0.15, 0.2) is 5.78 Å². The van der Waals surface area contributed by atoms with Crippen molar-refractivity contribution < 1.29 is 18.8 Å². The van der Waals surface area contributed by atoms with Crippen molar-refractivity contribution >= 4 is 23.3 Å². The van der Waals surface area contributed by atoms with Crippen molar-refractivity contribution in [2.24, 2.45) is 0 Å². The molecular formula is C17H18N2O4. The summed E-state index contributed by atoms with van der Waals surface area (Å²) in [5.74, 6) is -0.0624. The molecule has 0 spiro atoms. The van der Waals surface area contributed by atoms with Crippen LogP contribution in [0.2, 0.25) is 0 Å². The number of benzene rings is 1. The summed E-state index contributed by atoms with van der Waals surface area (Å²) in [6, 6.07) is 10.1. The second-order valence-corrected chi connectivity index (χ2v) is 5.07. The van der Waals surface area contributed by atoms with E-state index in [0.29, 0.717) is 17.0 Å². The first-order valence-corrected chi connectivity index (χ1v) is 7.15. The molecule has 1 N–H and O–H groups in total. The molecule has 0 bridgehead atoms. The largest absolute Gasteiger partial charge is 0.467 e. The summed E-state index contributed by atoms with van der Waals surface area (Å²) in [6.45, 7) is 2.95. The van der Waals surface area contributed by atoms with E-state index in [1.807, 2.05) is 0 Å². The molecule has 0 aliphatic carbocycles. The van der Waals surface area contributed by atoms with Crippen molar-refractivity contribution in [3.63, 3.8) is 0 Å². The number of hydrogen-bond donors (Lipinski definition) is 1. The predicted molar refractivity (Wildman–Crippen MR) is 85.0 cm³/mol. The van der Waals surface area contributed by atoms with Gasteiger partial charge in [-0.3, -0.25) is 14.4 Å². The van der Waals surface area contributed by atoms with Crippen LogP contribution < -0.4 is 10.2 Å². The average molecular weight is 314 g/mol. The van der Waals surface area contributed by atoms with Crippen LogP contribution in [0.25, 0.3) is 0 Å². The van der Waals surface area contributed by atoms with E-state index in [9.17, 15) is 14.4 Å². The lowest BCUT2D eigenvalue weighted by atomic mass is 10.1. The standard InChI is InChI=1S/C17H18N2O4/c1-12(20)14-5-3-6-15(9-14)19(13(2)21)11-17(22)18-10-16-7-4-8-23-16/h3-9H,10-11H2,1-2H3,(H,18,22).